The lowest BCUT2D eigenvalue weighted by Gasteiger charge is -2.27. The summed E-state index contributed by atoms with van der Waals surface area (Å²) in [6.45, 7) is 6.89. The maximum absolute atomic E-state index is 2.40. The SMILES string of the molecule is CCC1(C)c2ccc(C)cc2-c2ccc3ccccc3c21. The number of rotatable bonds is 1. The predicted molar refractivity (Wildman–Crippen MR) is 90.9 cm³/mol. The van der Waals surface area contributed by atoms with E-state index in [2.05, 4.69) is 75.4 Å². The fraction of sp³-hybridized carbons (Fsp3) is 0.238. The highest BCUT2D eigenvalue weighted by Gasteiger charge is 2.38. The highest BCUT2D eigenvalue weighted by atomic mass is 14.4. The maximum atomic E-state index is 2.40. The van der Waals surface area contributed by atoms with Gasteiger partial charge in [-0.25, -0.2) is 0 Å². The van der Waals surface area contributed by atoms with E-state index in [9.17, 15) is 0 Å². The van der Waals surface area contributed by atoms with Gasteiger partial charge in [0.05, 0.1) is 0 Å². The number of hydrogen-bond donors (Lipinski definition) is 0. The molecule has 3 aromatic carbocycles. The first-order chi connectivity index (χ1) is 10.1. The van der Waals surface area contributed by atoms with E-state index in [0.717, 1.165) is 6.42 Å². The average Bonchev–Trinajstić information content (AvgIpc) is 2.77. The molecule has 0 amide bonds. The summed E-state index contributed by atoms with van der Waals surface area (Å²) in [5.41, 5.74) is 7.33. The number of benzene rings is 3. The first kappa shape index (κ1) is 12.6. The Morgan fingerprint density at radius 2 is 1.71 bits per heavy atom. The topological polar surface area (TPSA) is 0 Å². The molecule has 0 radical (unpaired) electrons. The molecule has 0 bridgehead atoms. The normalized spacial score (nSPS) is 19.6. The van der Waals surface area contributed by atoms with Gasteiger partial charge < -0.3 is 0 Å². The van der Waals surface area contributed by atoms with Gasteiger partial charge in [-0.3, -0.25) is 0 Å². The van der Waals surface area contributed by atoms with Crippen molar-refractivity contribution in [1.29, 1.82) is 0 Å². The second-order valence-electron chi connectivity index (χ2n) is 6.44. The zero-order valence-electron chi connectivity index (χ0n) is 12.9. The van der Waals surface area contributed by atoms with Crippen LogP contribution in [0.1, 0.15) is 37.0 Å². The Bertz CT molecular complexity index is 857. The molecule has 1 aliphatic rings. The van der Waals surface area contributed by atoms with Crippen LogP contribution in [0.5, 0.6) is 0 Å². The third kappa shape index (κ3) is 1.56. The molecule has 0 fully saturated rings. The second kappa shape index (κ2) is 4.21. The van der Waals surface area contributed by atoms with Crippen LogP contribution in [0.15, 0.2) is 54.6 Å². The molecular weight excluding hydrogens is 252 g/mol. The molecule has 0 heterocycles. The largest absolute Gasteiger partial charge is 0.0642 e. The molecule has 104 valence electrons. The van der Waals surface area contributed by atoms with Gasteiger partial charge in [-0.05, 0) is 46.4 Å². The van der Waals surface area contributed by atoms with Gasteiger partial charge in [-0.2, -0.15) is 0 Å². The second-order valence-corrected chi connectivity index (χ2v) is 6.44. The monoisotopic (exact) mass is 272 g/mol. The molecule has 3 aromatic rings. The molecule has 0 N–H and O–H groups in total. The Hall–Kier alpha value is -2.08. The average molecular weight is 272 g/mol. The fourth-order valence-corrected chi connectivity index (χ4v) is 3.95. The molecular formula is C21H20. The molecule has 0 nitrogen and oxygen atoms in total. The zero-order chi connectivity index (χ0) is 14.6. The minimum absolute atomic E-state index is 0.124. The first-order valence-electron chi connectivity index (χ1n) is 7.79. The Morgan fingerprint density at radius 1 is 0.905 bits per heavy atom. The zero-order valence-corrected chi connectivity index (χ0v) is 12.9. The van der Waals surface area contributed by atoms with E-state index in [1.54, 1.807) is 0 Å². The van der Waals surface area contributed by atoms with Crippen molar-refractivity contribution in [3.05, 3.63) is 71.3 Å². The van der Waals surface area contributed by atoms with E-state index in [4.69, 9.17) is 0 Å². The smallest absolute Gasteiger partial charge is 0.0190 e. The van der Waals surface area contributed by atoms with Gasteiger partial charge in [0, 0.05) is 5.41 Å². The van der Waals surface area contributed by atoms with E-state index in [1.807, 2.05) is 0 Å². The number of hydrogen-bond acceptors (Lipinski definition) is 0. The van der Waals surface area contributed by atoms with Gasteiger partial charge in [0.25, 0.3) is 0 Å². The summed E-state index contributed by atoms with van der Waals surface area (Å²) in [4.78, 5) is 0. The van der Waals surface area contributed by atoms with Crippen molar-refractivity contribution >= 4 is 10.8 Å². The van der Waals surface area contributed by atoms with Crippen LogP contribution < -0.4 is 0 Å². The van der Waals surface area contributed by atoms with Crippen molar-refractivity contribution in [2.75, 3.05) is 0 Å². The molecule has 1 atom stereocenters. The van der Waals surface area contributed by atoms with Crippen LogP contribution >= 0.6 is 0 Å². The molecule has 0 heteroatoms. The molecule has 0 saturated heterocycles. The van der Waals surface area contributed by atoms with Gasteiger partial charge >= 0.3 is 0 Å². The van der Waals surface area contributed by atoms with Crippen molar-refractivity contribution in [2.24, 2.45) is 0 Å². The summed E-state index contributed by atoms with van der Waals surface area (Å²) in [6, 6.07) is 20.3. The molecule has 0 spiro atoms. The quantitative estimate of drug-likeness (QED) is 0.521. The summed E-state index contributed by atoms with van der Waals surface area (Å²) in [5, 5.41) is 2.76. The van der Waals surface area contributed by atoms with Gasteiger partial charge in [-0.15, -0.1) is 0 Å². The first-order valence-corrected chi connectivity index (χ1v) is 7.79. The highest BCUT2D eigenvalue weighted by Crippen LogP contribution is 2.53. The molecule has 1 aliphatic carbocycles. The van der Waals surface area contributed by atoms with Crippen molar-refractivity contribution in [1.82, 2.24) is 0 Å². The van der Waals surface area contributed by atoms with Crippen LogP contribution in [0, 0.1) is 6.92 Å². The van der Waals surface area contributed by atoms with Crippen LogP contribution in [0.2, 0.25) is 0 Å². The molecule has 4 rings (SSSR count). The van der Waals surface area contributed by atoms with Crippen LogP contribution in [-0.2, 0) is 5.41 Å². The van der Waals surface area contributed by atoms with Crippen LogP contribution in [0.3, 0.4) is 0 Å². The van der Waals surface area contributed by atoms with Crippen LogP contribution in [0.4, 0.5) is 0 Å². The number of aryl methyl sites for hydroxylation is 1. The standard InChI is InChI=1S/C21H20/c1-4-21(3)19-12-9-14(2)13-18(19)17-11-10-15-7-5-6-8-16(15)20(17)21/h5-13H,4H2,1-3H3. The third-order valence-corrected chi connectivity index (χ3v) is 5.25. The Balaban J connectivity index is 2.18. The van der Waals surface area contributed by atoms with E-state index in [0.29, 0.717) is 0 Å². The Kier molecular flexibility index (Phi) is 2.53. The lowest BCUT2D eigenvalue weighted by molar-refractivity contribution is 0.569. The molecule has 1 unspecified atom stereocenters. The van der Waals surface area contributed by atoms with E-state index >= 15 is 0 Å². The van der Waals surface area contributed by atoms with Gasteiger partial charge in [0.1, 0.15) is 0 Å². The summed E-state index contributed by atoms with van der Waals surface area (Å²) in [7, 11) is 0. The molecule has 21 heavy (non-hydrogen) atoms. The molecule has 0 saturated carbocycles. The Labute approximate surface area is 126 Å². The van der Waals surface area contributed by atoms with Crippen molar-refractivity contribution < 1.29 is 0 Å². The van der Waals surface area contributed by atoms with E-state index in [-0.39, 0.29) is 5.41 Å². The van der Waals surface area contributed by atoms with Gasteiger partial charge in [0.2, 0.25) is 0 Å². The summed E-state index contributed by atoms with van der Waals surface area (Å²) in [5.74, 6) is 0. The van der Waals surface area contributed by atoms with Crippen molar-refractivity contribution in [3.63, 3.8) is 0 Å². The minimum Gasteiger partial charge on any atom is -0.0642 e. The summed E-state index contributed by atoms with van der Waals surface area (Å²) in [6.07, 6.45) is 1.13. The fourth-order valence-electron chi connectivity index (χ4n) is 3.95. The van der Waals surface area contributed by atoms with E-state index in [1.165, 1.54) is 38.6 Å². The number of fused-ring (bicyclic) bond motifs is 5. The summed E-state index contributed by atoms with van der Waals surface area (Å²) >= 11 is 0. The van der Waals surface area contributed by atoms with Crippen LogP contribution in [0.25, 0.3) is 21.9 Å². The van der Waals surface area contributed by atoms with Crippen LogP contribution in [-0.4, -0.2) is 0 Å². The molecule has 0 aromatic heterocycles. The third-order valence-electron chi connectivity index (χ3n) is 5.25. The Morgan fingerprint density at radius 3 is 2.52 bits per heavy atom. The van der Waals surface area contributed by atoms with Crippen molar-refractivity contribution in [2.45, 2.75) is 32.6 Å². The molecule has 0 aliphatic heterocycles. The van der Waals surface area contributed by atoms with Gasteiger partial charge in [-0.1, -0.05) is 74.0 Å². The van der Waals surface area contributed by atoms with Crippen molar-refractivity contribution in [3.8, 4) is 11.1 Å². The maximum Gasteiger partial charge on any atom is 0.0190 e. The minimum atomic E-state index is 0.124. The van der Waals surface area contributed by atoms with E-state index < -0.39 is 0 Å². The van der Waals surface area contributed by atoms with Gasteiger partial charge in [0.15, 0.2) is 0 Å². The summed E-state index contributed by atoms with van der Waals surface area (Å²) < 4.78 is 0. The predicted octanol–water partition coefficient (Wildman–Crippen LogP) is 5.84. The lowest BCUT2D eigenvalue weighted by Crippen LogP contribution is -2.19. The lowest BCUT2D eigenvalue weighted by atomic mass is 9.76. The highest BCUT2D eigenvalue weighted by molar-refractivity contribution is 5.97.